The van der Waals surface area contributed by atoms with Crippen LogP contribution in [0.1, 0.15) is 37.3 Å². The molecule has 2 N–H and O–H groups in total. The zero-order valence-electron chi connectivity index (χ0n) is 8.66. The van der Waals surface area contributed by atoms with Gasteiger partial charge in [-0.05, 0) is 24.8 Å². The largest absolute Gasteiger partial charge is 0.324 e. The first-order chi connectivity index (χ1) is 6.79. The summed E-state index contributed by atoms with van der Waals surface area (Å²) in [5.74, 6) is 0.318. The Morgan fingerprint density at radius 2 is 1.80 bits per heavy atom. The van der Waals surface area contributed by atoms with Crippen molar-refractivity contribution in [1.29, 1.82) is 0 Å². The van der Waals surface area contributed by atoms with E-state index in [-0.39, 0.29) is 24.3 Å². The van der Waals surface area contributed by atoms with Crippen molar-refractivity contribution >= 4 is 12.4 Å². The van der Waals surface area contributed by atoms with Crippen molar-refractivity contribution in [1.82, 2.24) is 0 Å². The molecule has 0 saturated heterocycles. The van der Waals surface area contributed by atoms with Gasteiger partial charge in [-0.15, -0.1) is 12.4 Å². The van der Waals surface area contributed by atoms with Crippen LogP contribution in [-0.2, 0) is 0 Å². The minimum atomic E-state index is -0.160. The molecule has 0 bridgehead atoms. The molecule has 15 heavy (non-hydrogen) atoms. The number of benzene rings is 1. The fraction of sp³-hybridized carbons (Fsp3) is 0.500. The third kappa shape index (κ3) is 2.70. The minimum Gasteiger partial charge on any atom is -0.324 e. The standard InChI is InChI=1S/C12H16FN.ClH/c13-11-8-4-3-7-10(11)12(14)9-5-1-2-6-9;/h3-4,7-9,12H,1-2,5-6,14H2;1H/t12-;/m1./s1. The molecule has 1 aromatic carbocycles. The highest BCUT2D eigenvalue weighted by Crippen LogP contribution is 2.34. The van der Waals surface area contributed by atoms with Gasteiger partial charge in [-0.2, -0.15) is 0 Å². The summed E-state index contributed by atoms with van der Waals surface area (Å²) < 4.78 is 13.4. The maximum atomic E-state index is 13.4. The van der Waals surface area contributed by atoms with E-state index in [1.807, 2.05) is 6.07 Å². The molecule has 0 aromatic heterocycles. The van der Waals surface area contributed by atoms with Gasteiger partial charge in [0.2, 0.25) is 0 Å². The molecule has 1 aromatic rings. The summed E-state index contributed by atoms with van der Waals surface area (Å²) in [6.45, 7) is 0. The lowest BCUT2D eigenvalue weighted by molar-refractivity contribution is 0.429. The Hall–Kier alpha value is -0.600. The van der Waals surface area contributed by atoms with Crippen LogP contribution in [0.15, 0.2) is 24.3 Å². The lowest BCUT2D eigenvalue weighted by Crippen LogP contribution is -2.20. The summed E-state index contributed by atoms with van der Waals surface area (Å²) >= 11 is 0. The highest BCUT2D eigenvalue weighted by Gasteiger charge is 2.24. The van der Waals surface area contributed by atoms with Crippen LogP contribution in [-0.4, -0.2) is 0 Å². The van der Waals surface area contributed by atoms with E-state index in [4.69, 9.17) is 5.73 Å². The van der Waals surface area contributed by atoms with Gasteiger partial charge in [0, 0.05) is 11.6 Å². The van der Waals surface area contributed by atoms with Crippen LogP contribution in [0.2, 0.25) is 0 Å². The average Bonchev–Trinajstić information content (AvgIpc) is 2.70. The third-order valence-electron chi connectivity index (χ3n) is 3.17. The first-order valence-electron chi connectivity index (χ1n) is 5.29. The SMILES string of the molecule is Cl.N[C@@H](c1ccccc1F)C1CCCC1. The Labute approximate surface area is 96.3 Å². The number of hydrogen-bond acceptors (Lipinski definition) is 1. The maximum absolute atomic E-state index is 13.4. The lowest BCUT2D eigenvalue weighted by atomic mass is 9.92. The second kappa shape index (κ2) is 5.47. The van der Waals surface area contributed by atoms with Crippen LogP contribution < -0.4 is 5.73 Å². The molecule has 0 aliphatic heterocycles. The second-order valence-corrected chi connectivity index (χ2v) is 4.09. The molecular formula is C12H17ClFN. The molecule has 0 heterocycles. The number of nitrogens with two attached hydrogens (primary N) is 1. The molecule has 0 amide bonds. The quantitative estimate of drug-likeness (QED) is 0.826. The van der Waals surface area contributed by atoms with E-state index in [0.717, 1.165) is 12.8 Å². The maximum Gasteiger partial charge on any atom is 0.127 e. The molecule has 1 aliphatic rings. The molecular weight excluding hydrogens is 213 g/mol. The number of halogens is 2. The fourth-order valence-corrected chi connectivity index (χ4v) is 2.32. The molecule has 1 nitrogen and oxygen atoms in total. The first kappa shape index (κ1) is 12.5. The van der Waals surface area contributed by atoms with Gasteiger partial charge in [0.15, 0.2) is 0 Å². The normalized spacial score (nSPS) is 18.5. The van der Waals surface area contributed by atoms with Gasteiger partial charge >= 0.3 is 0 Å². The third-order valence-corrected chi connectivity index (χ3v) is 3.17. The van der Waals surface area contributed by atoms with Gasteiger partial charge in [0.1, 0.15) is 5.82 Å². The average molecular weight is 230 g/mol. The Balaban J connectivity index is 0.00000112. The van der Waals surface area contributed by atoms with Crippen LogP contribution in [0.3, 0.4) is 0 Å². The predicted molar refractivity (Wildman–Crippen MR) is 62.5 cm³/mol. The molecule has 1 saturated carbocycles. The number of hydrogen-bond donors (Lipinski definition) is 1. The lowest BCUT2D eigenvalue weighted by Gasteiger charge is -2.19. The van der Waals surface area contributed by atoms with E-state index in [1.165, 1.54) is 18.9 Å². The van der Waals surface area contributed by atoms with Gasteiger partial charge < -0.3 is 5.73 Å². The molecule has 0 unspecified atom stereocenters. The second-order valence-electron chi connectivity index (χ2n) is 4.09. The summed E-state index contributed by atoms with van der Waals surface area (Å²) in [4.78, 5) is 0. The van der Waals surface area contributed by atoms with Crippen molar-refractivity contribution in [3.05, 3.63) is 35.6 Å². The van der Waals surface area contributed by atoms with E-state index >= 15 is 0 Å². The zero-order chi connectivity index (χ0) is 9.97. The van der Waals surface area contributed by atoms with Crippen LogP contribution >= 0.6 is 12.4 Å². The minimum absolute atomic E-state index is 0. The Morgan fingerprint density at radius 1 is 1.20 bits per heavy atom. The van der Waals surface area contributed by atoms with Crippen molar-refractivity contribution in [2.45, 2.75) is 31.7 Å². The summed E-state index contributed by atoms with van der Waals surface area (Å²) in [6.07, 6.45) is 4.78. The summed E-state index contributed by atoms with van der Waals surface area (Å²) in [6, 6.07) is 6.74. The Bertz CT molecular complexity index is 310. The number of rotatable bonds is 2. The van der Waals surface area contributed by atoms with Gasteiger partial charge in [0.05, 0.1) is 0 Å². The molecule has 0 radical (unpaired) electrons. The van der Waals surface area contributed by atoms with Gasteiger partial charge in [-0.3, -0.25) is 0 Å². The molecule has 84 valence electrons. The molecule has 1 atom stereocenters. The van der Waals surface area contributed by atoms with Crippen LogP contribution in [0.5, 0.6) is 0 Å². The fourth-order valence-electron chi connectivity index (χ4n) is 2.32. The summed E-state index contributed by atoms with van der Waals surface area (Å²) in [7, 11) is 0. The summed E-state index contributed by atoms with van der Waals surface area (Å²) in [5, 5.41) is 0. The highest BCUT2D eigenvalue weighted by molar-refractivity contribution is 5.85. The monoisotopic (exact) mass is 229 g/mol. The van der Waals surface area contributed by atoms with Crippen molar-refractivity contribution < 1.29 is 4.39 Å². The first-order valence-corrected chi connectivity index (χ1v) is 5.29. The van der Waals surface area contributed by atoms with Crippen LogP contribution in [0.4, 0.5) is 4.39 Å². The Kier molecular flexibility index (Phi) is 4.55. The molecule has 1 aliphatic carbocycles. The topological polar surface area (TPSA) is 26.0 Å². The molecule has 3 heteroatoms. The van der Waals surface area contributed by atoms with Crippen LogP contribution in [0.25, 0.3) is 0 Å². The Morgan fingerprint density at radius 3 is 2.40 bits per heavy atom. The smallest absolute Gasteiger partial charge is 0.127 e. The van der Waals surface area contributed by atoms with Gasteiger partial charge in [0.25, 0.3) is 0 Å². The van der Waals surface area contributed by atoms with E-state index in [0.29, 0.717) is 11.5 Å². The summed E-state index contributed by atoms with van der Waals surface area (Å²) in [5.41, 5.74) is 6.74. The van der Waals surface area contributed by atoms with E-state index in [1.54, 1.807) is 12.1 Å². The highest BCUT2D eigenvalue weighted by atomic mass is 35.5. The van der Waals surface area contributed by atoms with E-state index in [9.17, 15) is 4.39 Å². The van der Waals surface area contributed by atoms with Crippen molar-refractivity contribution in [2.75, 3.05) is 0 Å². The van der Waals surface area contributed by atoms with Crippen molar-refractivity contribution in [2.24, 2.45) is 11.7 Å². The molecule has 0 spiro atoms. The van der Waals surface area contributed by atoms with Crippen LogP contribution in [0, 0.1) is 11.7 Å². The predicted octanol–water partition coefficient (Wildman–Crippen LogP) is 3.44. The van der Waals surface area contributed by atoms with Crippen molar-refractivity contribution in [3.63, 3.8) is 0 Å². The van der Waals surface area contributed by atoms with E-state index < -0.39 is 0 Å². The zero-order valence-corrected chi connectivity index (χ0v) is 9.47. The molecule has 1 fully saturated rings. The molecule has 2 rings (SSSR count). The van der Waals surface area contributed by atoms with Crippen molar-refractivity contribution in [3.8, 4) is 0 Å². The van der Waals surface area contributed by atoms with E-state index in [2.05, 4.69) is 0 Å². The van der Waals surface area contributed by atoms with Gasteiger partial charge in [-0.25, -0.2) is 4.39 Å². The van der Waals surface area contributed by atoms with Gasteiger partial charge in [-0.1, -0.05) is 31.0 Å².